The molecule has 1 aromatic heterocycles. The van der Waals surface area contributed by atoms with E-state index in [4.69, 9.17) is 0 Å². The molecule has 0 saturated carbocycles. The van der Waals surface area contributed by atoms with Crippen molar-refractivity contribution in [3.05, 3.63) is 22.4 Å². The molecule has 13 heavy (non-hydrogen) atoms. The smallest absolute Gasteiger partial charge is 0.0563 e. The van der Waals surface area contributed by atoms with E-state index in [0.29, 0.717) is 6.04 Å². The van der Waals surface area contributed by atoms with E-state index in [1.807, 2.05) is 18.4 Å². The third-order valence-electron chi connectivity index (χ3n) is 2.30. The van der Waals surface area contributed by atoms with Crippen LogP contribution >= 0.6 is 11.3 Å². The number of likely N-dealkylation sites (N-methyl/N-ethyl adjacent to an activating group) is 2. The largest absolute Gasteiger partial charge is 0.318 e. The SMILES string of the molecule is CCN(C)C(CNC)c1cccs1. The fraction of sp³-hybridized carbons (Fsp3) is 0.600. The van der Waals surface area contributed by atoms with Crippen molar-refractivity contribution >= 4 is 11.3 Å². The molecule has 1 rings (SSSR count). The van der Waals surface area contributed by atoms with Crippen LogP contribution in [-0.2, 0) is 0 Å². The first-order chi connectivity index (χ1) is 6.29. The second kappa shape index (κ2) is 5.37. The van der Waals surface area contributed by atoms with Crippen LogP contribution in [-0.4, -0.2) is 32.1 Å². The summed E-state index contributed by atoms with van der Waals surface area (Å²) < 4.78 is 0. The maximum absolute atomic E-state index is 3.24. The molecule has 0 aliphatic carbocycles. The zero-order valence-electron chi connectivity index (χ0n) is 8.58. The lowest BCUT2D eigenvalue weighted by molar-refractivity contribution is 0.257. The molecule has 1 N–H and O–H groups in total. The summed E-state index contributed by atoms with van der Waals surface area (Å²) >= 11 is 1.83. The summed E-state index contributed by atoms with van der Waals surface area (Å²) in [6.45, 7) is 4.30. The van der Waals surface area contributed by atoms with Crippen LogP contribution < -0.4 is 5.32 Å². The van der Waals surface area contributed by atoms with Crippen LogP contribution in [0.25, 0.3) is 0 Å². The zero-order chi connectivity index (χ0) is 9.68. The second-order valence-electron chi connectivity index (χ2n) is 3.16. The normalized spacial score (nSPS) is 13.5. The molecule has 3 heteroatoms. The molecule has 0 aliphatic rings. The number of nitrogens with one attached hydrogen (secondary N) is 1. The maximum Gasteiger partial charge on any atom is 0.0563 e. The molecular formula is C10H18N2S. The van der Waals surface area contributed by atoms with Gasteiger partial charge in [-0.3, -0.25) is 4.90 Å². The Hall–Kier alpha value is -0.380. The predicted octanol–water partition coefficient (Wildman–Crippen LogP) is 1.96. The van der Waals surface area contributed by atoms with E-state index in [0.717, 1.165) is 13.1 Å². The first kappa shape index (κ1) is 10.7. The molecule has 1 aromatic rings. The molecule has 1 heterocycles. The van der Waals surface area contributed by atoms with E-state index in [1.54, 1.807) is 0 Å². The van der Waals surface area contributed by atoms with Crippen molar-refractivity contribution in [3.63, 3.8) is 0 Å². The predicted molar refractivity (Wildman–Crippen MR) is 59.3 cm³/mol. The van der Waals surface area contributed by atoms with Crippen LogP contribution in [0, 0.1) is 0 Å². The summed E-state index contributed by atoms with van der Waals surface area (Å²) in [5.41, 5.74) is 0. The standard InChI is InChI=1S/C10H18N2S/c1-4-12(3)9(8-11-2)10-6-5-7-13-10/h5-7,9,11H,4,8H2,1-3H3. The summed E-state index contributed by atoms with van der Waals surface area (Å²) in [7, 11) is 4.17. The van der Waals surface area contributed by atoms with E-state index >= 15 is 0 Å². The summed E-state index contributed by atoms with van der Waals surface area (Å²) in [6, 6.07) is 4.85. The number of hydrogen-bond acceptors (Lipinski definition) is 3. The topological polar surface area (TPSA) is 15.3 Å². The van der Waals surface area contributed by atoms with Crippen molar-refractivity contribution < 1.29 is 0 Å². The van der Waals surface area contributed by atoms with Crippen molar-refractivity contribution in [2.24, 2.45) is 0 Å². The number of thiophene rings is 1. The van der Waals surface area contributed by atoms with Gasteiger partial charge in [0.25, 0.3) is 0 Å². The number of nitrogens with zero attached hydrogens (tertiary/aromatic N) is 1. The van der Waals surface area contributed by atoms with Crippen LogP contribution in [0.5, 0.6) is 0 Å². The van der Waals surface area contributed by atoms with Gasteiger partial charge < -0.3 is 5.32 Å². The van der Waals surface area contributed by atoms with Gasteiger partial charge in [0.05, 0.1) is 6.04 Å². The monoisotopic (exact) mass is 198 g/mol. The molecule has 0 amide bonds. The minimum atomic E-state index is 0.523. The van der Waals surface area contributed by atoms with Crippen LogP contribution in [0.15, 0.2) is 17.5 Å². The van der Waals surface area contributed by atoms with Crippen LogP contribution in [0.3, 0.4) is 0 Å². The molecule has 2 nitrogen and oxygen atoms in total. The van der Waals surface area contributed by atoms with Gasteiger partial charge in [-0.2, -0.15) is 0 Å². The molecular weight excluding hydrogens is 180 g/mol. The molecule has 0 saturated heterocycles. The van der Waals surface area contributed by atoms with Gasteiger partial charge in [-0.25, -0.2) is 0 Å². The van der Waals surface area contributed by atoms with Crippen molar-refractivity contribution in [3.8, 4) is 0 Å². The van der Waals surface area contributed by atoms with E-state index < -0.39 is 0 Å². The molecule has 0 bridgehead atoms. The van der Waals surface area contributed by atoms with Crippen molar-refractivity contribution in [2.45, 2.75) is 13.0 Å². The van der Waals surface area contributed by atoms with Gasteiger partial charge in [0.2, 0.25) is 0 Å². The Balaban J connectivity index is 2.68. The van der Waals surface area contributed by atoms with Gasteiger partial charge in [-0.05, 0) is 32.1 Å². The third kappa shape index (κ3) is 2.79. The van der Waals surface area contributed by atoms with E-state index in [2.05, 4.69) is 41.7 Å². The van der Waals surface area contributed by atoms with E-state index in [9.17, 15) is 0 Å². The fourth-order valence-electron chi connectivity index (χ4n) is 1.37. The second-order valence-corrected chi connectivity index (χ2v) is 4.14. The molecule has 0 aromatic carbocycles. The quantitative estimate of drug-likeness (QED) is 0.778. The van der Waals surface area contributed by atoms with Gasteiger partial charge in [0, 0.05) is 11.4 Å². The van der Waals surface area contributed by atoms with Crippen LogP contribution in [0.4, 0.5) is 0 Å². The Morgan fingerprint density at radius 2 is 2.38 bits per heavy atom. The first-order valence-electron chi connectivity index (χ1n) is 4.67. The fourth-order valence-corrected chi connectivity index (χ4v) is 2.26. The Morgan fingerprint density at radius 1 is 1.62 bits per heavy atom. The van der Waals surface area contributed by atoms with Gasteiger partial charge >= 0.3 is 0 Å². The Kier molecular flexibility index (Phi) is 4.42. The average Bonchev–Trinajstić information content (AvgIpc) is 2.65. The highest BCUT2D eigenvalue weighted by Gasteiger charge is 2.15. The highest BCUT2D eigenvalue weighted by Crippen LogP contribution is 2.22. The summed E-state index contributed by atoms with van der Waals surface area (Å²) in [5.74, 6) is 0. The van der Waals surface area contributed by atoms with E-state index in [1.165, 1.54) is 4.88 Å². The van der Waals surface area contributed by atoms with Crippen molar-refractivity contribution in [1.82, 2.24) is 10.2 Å². The molecule has 0 spiro atoms. The molecule has 74 valence electrons. The lowest BCUT2D eigenvalue weighted by Gasteiger charge is -2.25. The highest BCUT2D eigenvalue weighted by molar-refractivity contribution is 7.10. The summed E-state index contributed by atoms with van der Waals surface area (Å²) in [5, 5.41) is 5.38. The number of rotatable bonds is 5. The Bertz CT molecular complexity index is 221. The molecule has 1 atom stereocenters. The summed E-state index contributed by atoms with van der Waals surface area (Å²) in [4.78, 5) is 3.81. The Labute approximate surface area is 84.6 Å². The molecule has 1 unspecified atom stereocenters. The van der Waals surface area contributed by atoms with Gasteiger partial charge in [-0.15, -0.1) is 11.3 Å². The zero-order valence-corrected chi connectivity index (χ0v) is 9.40. The van der Waals surface area contributed by atoms with E-state index in [-0.39, 0.29) is 0 Å². The third-order valence-corrected chi connectivity index (χ3v) is 3.27. The first-order valence-corrected chi connectivity index (χ1v) is 5.55. The van der Waals surface area contributed by atoms with Gasteiger partial charge in [0.15, 0.2) is 0 Å². The van der Waals surface area contributed by atoms with Crippen LogP contribution in [0.2, 0.25) is 0 Å². The van der Waals surface area contributed by atoms with Crippen molar-refractivity contribution in [2.75, 3.05) is 27.2 Å². The highest BCUT2D eigenvalue weighted by atomic mass is 32.1. The molecule has 0 aliphatic heterocycles. The van der Waals surface area contributed by atoms with Crippen LogP contribution in [0.1, 0.15) is 17.8 Å². The minimum absolute atomic E-state index is 0.523. The lowest BCUT2D eigenvalue weighted by atomic mass is 10.2. The number of hydrogen-bond donors (Lipinski definition) is 1. The van der Waals surface area contributed by atoms with Crippen molar-refractivity contribution in [1.29, 1.82) is 0 Å². The lowest BCUT2D eigenvalue weighted by Crippen LogP contribution is -2.31. The Morgan fingerprint density at radius 3 is 2.85 bits per heavy atom. The minimum Gasteiger partial charge on any atom is -0.318 e. The maximum atomic E-state index is 3.24. The average molecular weight is 198 g/mol. The molecule has 0 fully saturated rings. The van der Waals surface area contributed by atoms with Gasteiger partial charge in [-0.1, -0.05) is 13.0 Å². The van der Waals surface area contributed by atoms with Gasteiger partial charge in [0.1, 0.15) is 0 Å². The molecule has 0 radical (unpaired) electrons. The summed E-state index contributed by atoms with van der Waals surface area (Å²) in [6.07, 6.45) is 0.